The highest BCUT2D eigenvalue weighted by molar-refractivity contribution is 7.26. The molecule has 0 fully saturated rings. The van der Waals surface area contributed by atoms with Crippen LogP contribution in [0.2, 0.25) is 0 Å². The van der Waals surface area contributed by atoms with Gasteiger partial charge in [0, 0.05) is 42.1 Å². The number of fused-ring (bicyclic) bond motifs is 6. The summed E-state index contributed by atoms with van der Waals surface area (Å²) < 4.78 is 4.82. The van der Waals surface area contributed by atoms with E-state index in [4.69, 9.17) is 15.0 Å². The molecule has 0 spiro atoms. The van der Waals surface area contributed by atoms with Gasteiger partial charge in [-0.2, -0.15) is 9.97 Å². The van der Waals surface area contributed by atoms with Gasteiger partial charge in [0.25, 0.3) is 0 Å². The van der Waals surface area contributed by atoms with E-state index in [-0.39, 0.29) is 0 Å². The first-order valence-corrected chi connectivity index (χ1v) is 19.5. The summed E-state index contributed by atoms with van der Waals surface area (Å²) in [6, 6.07) is 58.5. The lowest BCUT2D eigenvalue weighted by Crippen LogP contribution is -2.06. The van der Waals surface area contributed by atoms with E-state index in [0.29, 0.717) is 17.6 Å². The minimum Gasteiger partial charge on any atom is -0.278 e. The highest BCUT2D eigenvalue weighted by Crippen LogP contribution is 2.42. The number of hydrogen-bond acceptors (Lipinski definition) is 4. The molecule has 0 amide bonds. The van der Waals surface area contributed by atoms with Gasteiger partial charge in [-0.15, -0.1) is 11.3 Å². The molecule has 0 aliphatic carbocycles. The van der Waals surface area contributed by atoms with Crippen LogP contribution in [0, 0.1) is 0 Å². The van der Waals surface area contributed by atoms with E-state index in [1.807, 2.05) is 29.5 Å². The number of para-hydroxylation sites is 1. The Bertz CT molecular complexity index is 2960. The first-order chi connectivity index (χ1) is 26.7. The molecule has 5 heteroatoms. The Kier molecular flexibility index (Phi) is 8.07. The second-order valence-corrected chi connectivity index (χ2v) is 14.9. The first-order valence-electron chi connectivity index (χ1n) is 18.7. The molecule has 0 unspecified atom stereocenters. The molecule has 3 aromatic heterocycles. The highest BCUT2D eigenvalue weighted by atomic mass is 32.1. The maximum Gasteiger partial charge on any atom is 0.238 e. The van der Waals surface area contributed by atoms with Crippen molar-refractivity contribution in [3.63, 3.8) is 0 Å². The van der Waals surface area contributed by atoms with Crippen molar-refractivity contribution < 1.29 is 0 Å². The highest BCUT2D eigenvalue weighted by Gasteiger charge is 2.19. The van der Waals surface area contributed by atoms with Crippen LogP contribution in [0.5, 0.6) is 0 Å². The van der Waals surface area contributed by atoms with Gasteiger partial charge in [0.2, 0.25) is 5.95 Å². The number of unbranched alkanes of at least 4 members (excludes halogenated alkanes) is 1. The monoisotopic (exact) mass is 712 g/mol. The Morgan fingerprint density at radius 2 is 1.09 bits per heavy atom. The molecule has 10 rings (SSSR count). The Balaban J connectivity index is 1.11. The second kappa shape index (κ2) is 13.5. The normalized spacial score (nSPS) is 11.6. The summed E-state index contributed by atoms with van der Waals surface area (Å²) in [5, 5.41) is 4.93. The Labute approximate surface area is 318 Å². The molecule has 0 aliphatic heterocycles. The van der Waals surface area contributed by atoms with Crippen molar-refractivity contribution in [3.8, 4) is 51.0 Å². The Morgan fingerprint density at radius 3 is 1.87 bits per heavy atom. The summed E-state index contributed by atoms with van der Waals surface area (Å²) in [5.41, 5.74) is 10.2. The molecule has 0 N–H and O–H groups in total. The zero-order chi connectivity index (χ0) is 36.0. The summed E-state index contributed by atoms with van der Waals surface area (Å²) in [6.45, 7) is 2.24. The first kappa shape index (κ1) is 32.2. The summed E-state index contributed by atoms with van der Waals surface area (Å²) in [5.74, 6) is 1.87. The molecule has 0 saturated heterocycles. The van der Waals surface area contributed by atoms with Crippen LogP contribution in [0.15, 0.2) is 164 Å². The Hall–Kier alpha value is -6.43. The smallest absolute Gasteiger partial charge is 0.238 e. The number of benzene rings is 7. The summed E-state index contributed by atoms with van der Waals surface area (Å²) in [6.07, 6.45) is 3.54. The van der Waals surface area contributed by atoms with Gasteiger partial charge in [-0.05, 0) is 64.9 Å². The third-order valence-corrected chi connectivity index (χ3v) is 11.7. The number of aromatic nitrogens is 4. The average molecular weight is 713 g/mol. The molecule has 10 aromatic rings. The molecule has 54 heavy (non-hydrogen) atoms. The van der Waals surface area contributed by atoms with Crippen molar-refractivity contribution >= 4 is 53.3 Å². The predicted molar refractivity (Wildman–Crippen MR) is 227 cm³/mol. The molecular weight excluding hydrogens is 677 g/mol. The SMILES string of the molecule is CCCCc1ccc(-c2ccc(-c3nc(-c4ccccc4)nc(-n4c5ccccc5c5cc(-c6cccc7c6sc6ccccc67)ccc54)n3)cc2)cc1. The predicted octanol–water partition coefficient (Wildman–Crippen LogP) is 13.3. The van der Waals surface area contributed by atoms with Crippen LogP contribution in [0.3, 0.4) is 0 Å². The van der Waals surface area contributed by atoms with Crippen molar-refractivity contribution in [3.05, 3.63) is 169 Å². The van der Waals surface area contributed by atoms with E-state index in [2.05, 4.69) is 157 Å². The van der Waals surface area contributed by atoms with Crippen LogP contribution in [0.1, 0.15) is 25.3 Å². The number of hydrogen-bond donors (Lipinski definition) is 0. The molecule has 0 atom stereocenters. The van der Waals surface area contributed by atoms with E-state index in [9.17, 15) is 0 Å². The van der Waals surface area contributed by atoms with Gasteiger partial charge in [-0.25, -0.2) is 4.98 Å². The van der Waals surface area contributed by atoms with Crippen LogP contribution < -0.4 is 0 Å². The molecule has 3 heterocycles. The van der Waals surface area contributed by atoms with Gasteiger partial charge >= 0.3 is 0 Å². The number of thiophene rings is 1. The third kappa shape index (κ3) is 5.65. The van der Waals surface area contributed by atoms with Gasteiger partial charge in [-0.3, -0.25) is 4.57 Å². The molecule has 258 valence electrons. The number of rotatable bonds is 8. The Morgan fingerprint density at radius 1 is 0.481 bits per heavy atom. The maximum absolute atomic E-state index is 5.20. The van der Waals surface area contributed by atoms with Gasteiger partial charge in [-0.1, -0.05) is 153 Å². The minimum atomic E-state index is 0.594. The van der Waals surface area contributed by atoms with Crippen LogP contribution in [-0.2, 0) is 6.42 Å². The van der Waals surface area contributed by atoms with Gasteiger partial charge in [0.1, 0.15) is 0 Å². The number of aryl methyl sites for hydroxylation is 1. The lowest BCUT2D eigenvalue weighted by Gasteiger charge is -2.11. The molecular formula is C49H36N4S. The van der Waals surface area contributed by atoms with Gasteiger partial charge < -0.3 is 0 Å². The van der Waals surface area contributed by atoms with Crippen LogP contribution in [0.4, 0.5) is 0 Å². The van der Waals surface area contributed by atoms with Crippen molar-refractivity contribution in [1.29, 1.82) is 0 Å². The van der Waals surface area contributed by atoms with E-state index in [0.717, 1.165) is 39.4 Å². The molecule has 0 aliphatic rings. The zero-order valence-electron chi connectivity index (χ0n) is 29.9. The minimum absolute atomic E-state index is 0.594. The standard InChI is InChI=1S/C49H36N4S/c1-2-3-12-32-21-23-33(24-22-32)34-25-27-36(28-26-34)48-50-47(35-13-5-4-6-14-35)51-49(52-48)53-43-19-9-7-15-39(43)42-31-37(29-30-44(42)53)38-17-11-18-41-40-16-8-10-20-45(40)54-46(38)41/h4-11,13-31H,2-3,12H2,1H3. The van der Waals surface area contributed by atoms with Crippen molar-refractivity contribution in [2.45, 2.75) is 26.2 Å². The van der Waals surface area contributed by atoms with Crippen LogP contribution in [0.25, 0.3) is 93.0 Å². The summed E-state index contributed by atoms with van der Waals surface area (Å²) in [7, 11) is 0. The van der Waals surface area contributed by atoms with Crippen molar-refractivity contribution in [2.75, 3.05) is 0 Å². The molecule has 0 saturated carbocycles. The fourth-order valence-electron chi connectivity index (χ4n) is 7.70. The fourth-order valence-corrected chi connectivity index (χ4v) is 8.94. The van der Waals surface area contributed by atoms with Crippen LogP contribution in [-0.4, -0.2) is 19.5 Å². The lowest BCUT2D eigenvalue weighted by atomic mass is 10.0. The van der Waals surface area contributed by atoms with E-state index >= 15 is 0 Å². The quantitative estimate of drug-likeness (QED) is 0.158. The topological polar surface area (TPSA) is 43.6 Å². The summed E-state index contributed by atoms with van der Waals surface area (Å²) >= 11 is 1.86. The second-order valence-electron chi connectivity index (χ2n) is 13.9. The molecule has 0 bridgehead atoms. The molecule has 0 radical (unpaired) electrons. The van der Waals surface area contributed by atoms with Gasteiger partial charge in [0.15, 0.2) is 11.6 Å². The van der Waals surface area contributed by atoms with Gasteiger partial charge in [0.05, 0.1) is 11.0 Å². The summed E-state index contributed by atoms with van der Waals surface area (Å²) in [4.78, 5) is 15.4. The third-order valence-electron chi connectivity index (χ3n) is 10.5. The maximum atomic E-state index is 5.20. The average Bonchev–Trinajstić information content (AvgIpc) is 3.79. The molecule has 4 nitrogen and oxygen atoms in total. The zero-order valence-corrected chi connectivity index (χ0v) is 30.7. The van der Waals surface area contributed by atoms with Crippen molar-refractivity contribution in [1.82, 2.24) is 19.5 Å². The largest absolute Gasteiger partial charge is 0.278 e. The molecule has 7 aromatic carbocycles. The number of nitrogens with zero attached hydrogens (tertiary/aromatic N) is 4. The van der Waals surface area contributed by atoms with Crippen molar-refractivity contribution in [2.24, 2.45) is 0 Å². The lowest BCUT2D eigenvalue weighted by molar-refractivity contribution is 0.795. The van der Waals surface area contributed by atoms with E-state index in [1.54, 1.807) is 0 Å². The van der Waals surface area contributed by atoms with Crippen LogP contribution >= 0.6 is 11.3 Å². The fraction of sp³-hybridized carbons (Fsp3) is 0.0816. The van der Waals surface area contributed by atoms with E-state index in [1.165, 1.54) is 60.8 Å². The van der Waals surface area contributed by atoms with E-state index < -0.39 is 0 Å².